The fourth-order valence-corrected chi connectivity index (χ4v) is 9.46. The van der Waals surface area contributed by atoms with Crippen LogP contribution >= 0.6 is 0 Å². The summed E-state index contributed by atoms with van der Waals surface area (Å²) in [5, 5.41) is 14.8. The number of ether oxygens (including phenoxy) is 2. The number of aromatic nitrogens is 4. The van der Waals surface area contributed by atoms with E-state index in [1.807, 2.05) is 24.8 Å². The zero-order valence-corrected chi connectivity index (χ0v) is 67.8. The van der Waals surface area contributed by atoms with Crippen LogP contribution in [0.5, 0.6) is 23.0 Å². The number of terminal acetylenes is 1. The summed E-state index contributed by atoms with van der Waals surface area (Å²) < 4.78 is 13.3. The van der Waals surface area contributed by atoms with Crippen LogP contribution in [-0.4, -0.2) is 42.1 Å². The van der Waals surface area contributed by atoms with Gasteiger partial charge in [-0.05, 0) is 203 Å². The Morgan fingerprint density at radius 2 is 0.624 bits per heavy atom. The van der Waals surface area contributed by atoms with Crippen molar-refractivity contribution in [3.8, 4) is 116 Å². The van der Waals surface area contributed by atoms with Crippen molar-refractivity contribution in [2.24, 2.45) is 0 Å². The van der Waals surface area contributed by atoms with E-state index in [1.54, 1.807) is 6.92 Å². The first-order valence-electron chi connectivity index (χ1n) is 33.5. The first kappa shape index (κ1) is 88.7. The van der Waals surface area contributed by atoms with Gasteiger partial charge in [0.25, 0.3) is 11.9 Å². The van der Waals surface area contributed by atoms with Gasteiger partial charge >= 0.3 is 20.4 Å². The van der Waals surface area contributed by atoms with E-state index in [2.05, 4.69) is 329 Å². The van der Waals surface area contributed by atoms with Crippen LogP contribution in [0.1, 0.15) is 231 Å². The Morgan fingerprint density at radius 1 is 0.366 bits per heavy atom. The number of carbonyl (C=O) groups is 2. The number of carboxylic acids is 2. The van der Waals surface area contributed by atoms with Crippen LogP contribution in [0.3, 0.4) is 0 Å². The number of carboxylic acid groups (broad SMARTS) is 2. The molecule has 0 atom stereocenters. The number of aliphatic carboxylic acids is 2. The maximum Gasteiger partial charge on any atom is 2.00 e. The molecule has 0 unspecified atom stereocenters. The summed E-state index contributed by atoms with van der Waals surface area (Å²) in [5.41, 5.74) is 17.3. The predicted molar refractivity (Wildman–Crippen MR) is 411 cm³/mol. The Kier molecular flexibility index (Phi) is 32.5. The predicted octanol–water partition coefficient (Wildman–Crippen LogP) is 22.0. The van der Waals surface area contributed by atoms with Gasteiger partial charge in [-0.2, -0.15) is 0 Å². The summed E-state index contributed by atoms with van der Waals surface area (Å²) in [6.07, 6.45) is 12.4. The molecule has 0 saturated carbocycles. The van der Waals surface area contributed by atoms with Gasteiger partial charge in [0.05, 0.1) is 11.4 Å². The van der Waals surface area contributed by atoms with Gasteiger partial charge in [0.2, 0.25) is 0 Å². The summed E-state index contributed by atoms with van der Waals surface area (Å²) in [7, 11) is 0. The fourth-order valence-electron chi connectivity index (χ4n) is 9.46. The standard InChI is InChI=1S/C38H48N2O.C38H46N2O.C9H4.2C2H4O2.2Pd/c2*1-35(2,3)27-13-15-39-33(23-27)25-17-29(37(7,8)9)21-31(19-25)41-32-20-26(18-30(22-32)38(10,11)12)34-24-28(14-16-40-34)36(4,5)6;1-3-5-7-9-8-6-4-2;2*1-2(3)4;;/h13-24H,1-12H3;13-18,21-24H,1-12H3;1H,2H3;2*1H3,(H,3,4);;/q;-2;;;;;+2. The van der Waals surface area contributed by atoms with Crippen molar-refractivity contribution in [1.29, 1.82) is 0 Å². The average Bonchev–Trinajstić information content (AvgIpc) is 0.807. The third kappa shape index (κ3) is 29.6. The van der Waals surface area contributed by atoms with Gasteiger partial charge < -0.3 is 29.7 Å². The van der Waals surface area contributed by atoms with E-state index in [4.69, 9.17) is 55.6 Å². The molecular formula is C89H106N4O6Pd2. The number of pyridine rings is 4. The molecule has 8 aromatic rings. The number of benzene rings is 4. The first-order chi connectivity index (χ1) is 45.5. The Morgan fingerprint density at radius 3 is 0.901 bits per heavy atom. The number of nitrogens with zero attached hydrogens (tertiary/aromatic N) is 4. The second-order valence-corrected chi connectivity index (χ2v) is 32.8. The Labute approximate surface area is 634 Å². The minimum absolute atomic E-state index is 0. The van der Waals surface area contributed by atoms with Crippen molar-refractivity contribution < 1.29 is 70.1 Å². The minimum atomic E-state index is -0.833. The molecule has 101 heavy (non-hydrogen) atoms. The van der Waals surface area contributed by atoms with E-state index < -0.39 is 11.9 Å². The molecule has 0 aliphatic rings. The van der Waals surface area contributed by atoms with Crippen LogP contribution in [0, 0.1) is 60.0 Å². The molecule has 0 saturated heterocycles. The molecule has 10 nitrogen and oxygen atoms in total. The van der Waals surface area contributed by atoms with E-state index in [0.717, 1.165) is 81.5 Å². The molecule has 0 fully saturated rings. The van der Waals surface area contributed by atoms with Crippen molar-refractivity contribution in [3.63, 3.8) is 0 Å². The Bertz CT molecular complexity index is 3880. The van der Waals surface area contributed by atoms with Crippen molar-refractivity contribution >= 4 is 11.9 Å². The van der Waals surface area contributed by atoms with Gasteiger partial charge in [-0.15, -0.1) is 40.8 Å². The Hall–Kier alpha value is -8.42. The van der Waals surface area contributed by atoms with Crippen LogP contribution in [-0.2, 0) is 93.8 Å². The molecule has 0 aliphatic carbocycles. The summed E-state index contributed by atoms with van der Waals surface area (Å²) in [5.74, 6) is 18.2. The average molecular weight is 1540 g/mol. The van der Waals surface area contributed by atoms with E-state index in [9.17, 15) is 0 Å². The third-order valence-corrected chi connectivity index (χ3v) is 15.5. The largest absolute Gasteiger partial charge is 2.00 e. The molecule has 2 N–H and O–H groups in total. The maximum atomic E-state index is 9.00. The van der Waals surface area contributed by atoms with Crippen LogP contribution in [0.4, 0.5) is 0 Å². The van der Waals surface area contributed by atoms with Gasteiger partial charge in [0.1, 0.15) is 11.5 Å². The molecule has 12 heteroatoms. The number of rotatable bonds is 8. The van der Waals surface area contributed by atoms with Crippen LogP contribution in [0.15, 0.2) is 134 Å². The SMILES string of the molecule is C#CC#CC#CC#CC.CC(=O)O.CC(=O)O.CC(C)(C)c1cc(Oc2[c-]c(-c3cc(C(C)(C)C)ccn3)cc(C(C)(C)C)c2)[c-]c(-c2cc(C(C)(C)C)ccn2)c1.CC(C)(C)c1cc(Oc2cc(-c3cc(C(C)(C)C)ccn3)cc(C(C)(C)C)c2)cc(-c2cc(C(C)(C)C)ccn2)c1.[Pd+2].[Pd]. The second kappa shape index (κ2) is 37.0. The molecule has 0 bridgehead atoms. The summed E-state index contributed by atoms with van der Waals surface area (Å²) in [6, 6.07) is 45.8. The second-order valence-electron chi connectivity index (χ2n) is 32.8. The van der Waals surface area contributed by atoms with Crippen LogP contribution in [0.2, 0.25) is 0 Å². The minimum Gasteiger partial charge on any atom is -0.497 e. The van der Waals surface area contributed by atoms with Gasteiger partial charge in [0, 0.05) is 81.7 Å². The van der Waals surface area contributed by atoms with E-state index in [0.29, 0.717) is 11.5 Å². The van der Waals surface area contributed by atoms with Crippen molar-refractivity contribution in [2.45, 2.75) is 230 Å². The maximum absolute atomic E-state index is 9.00. The molecule has 4 heterocycles. The van der Waals surface area contributed by atoms with E-state index >= 15 is 0 Å². The molecule has 0 amide bonds. The smallest absolute Gasteiger partial charge is 0.497 e. The molecule has 0 aliphatic heterocycles. The molecule has 538 valence electrons. The summed E-state index contributed by atoms with van der Waals surface area (Å²) in [6.45, 7) is 57.3. The van der Waals surface area contributed by atoms with E-state index in [1.165, 1.54) is 33.4 Å². The normalized spacial score (nSPS) is 11.3. The first-order valence-corrected chi connectivity index (χ1v) is 33.5. The Balaban J connectivity index is 0.000000549. The summed E-state index contributed by atoms with van der Waals surface area (Å²) >= 11 is 0. The molecule has 8 rings (SSSR count). The third-order valence-electron chi connectivity index (χ3n) is 15.5. The zero-order valence-electron chi connectivity index (χ0n) is 64.7. The van der Waals surface area contributed by atoms with Crippen LogP contribution in [0.25, 0.3) is 45.0 Å². The molecule has 0 spiro atoms. The van der Waals surface area contributed by atoms with Crippen molar-refractivity contribution in [2.75, 3.05) is 0 Å². The zero-order chi connectivity index (χ0) is 74.9. The van der Waals surface area contributed by atoms with Crippen LogP contribution < -0.4 is 9.47 Å². The van der Waals surface area contributed by atoms with Gasteiger partial charge in [-0.1, -0.05) is 208 Å². The molecule has 4 aromatic carbocycles. The van der Waals surface area contributed by atoms with Gasteiger partial charge in [-0.25, -0.2) is 0 Å². The molecule has 0 radical (unpaired) electrons. The number of hydrogen-bond acceptors (Lipinski definition) is 8. The summed E-state index contributed by atoms with van der Waals surface area (Å²) in [4.78, 5) is 37.0. The quantitative estimate of drug-likeness (QED) is 0.0857. The molecular weight excluding hydrogens is 1430 g/mol. The van der Waals surface area contributed by atoms with Gasteiger partial charge in [0.15, 0.2) is 0 Å². The van der Waals surface area contributed by atoms with Crippen molar-refractivity contribution in [3.05, 3.63) is 191 Å². The fraction of sp³-hybridized carbons (Fsp3) is 0.393. The monoisotopic (exact) mass is 1540 g/mol. The molecule has 4 aromatic heterocycles. The topological polar surface area (TPSA) is 145 Å². The van der Waals surface area contributed by atoms with E-state index in [-0.39, 0.29) is 84.2 Å². The van der Waals surface area contributed by atoms with Gasteiger partial charge in [-0.3, -0.25) is 19.6 Å². The van der Waals surface area contributed by atoms with Crippen molar-refractivity contribution in [1.82, 2.24) is 19.9 Å². The number of hydrogen-bond donors (Lipinski definition) is 2.